The Balaban J connectivity index is 3.57. The zero-order valence-electron chi connectivity index (χ0n) is 7.14. The maximum atomic E-state index is 11.3. The highest BCUT2D eigenvalue weighted by Crippen LogP contribution is 2.28. The number of halogens is 2. The molecule has 1 rings (SSSR count). The average molecular weight is 239 g/mol. The van der Waals surface area contributed by atoms with Crippen molar-refractivity contribution in [3.05, 3.63) is 27.7 Å². The van der Waals surface area contributed by atoms with Crippen LogP contribution in [0.2, 0.25) is 10.0 Å². The molecular weight excluding hydrogens is 231 g/mol. The minimum Gasteiger partial charge on any atom is -0.224 e. The van der Waals surface area contributed by atoms with Crippen LogP contribution in [0.15, 0.2) is 17.0 Å². The van der Waals surface area contributed by atoms with Crippen LogP contribution in [0.5, 0.6) is 0 Å². The minimum atomic E-state index is -3.27. The van der Waals surface area contributed by atoms with Crippen molar-refractivity contribution in [1.82, 2.24) is 0 Å². The third-order valence-electron chi connectivity index (χ3n) is 1.56. The molecule has 5 heteroatoms. The van der Waals surface area contributed by atoms with Gasteiger partial charge in [-0.1, -0.05) is 23.2 Å². The lowest BCUT2D eigenvalue weighted by molar-refractivity contribution is 0.601. The van der Waals surface area contributed by atoms with Crippen LogP contribution in [0.1, 0.15) is 5.56 Å². The van der Waals surface area contributed by atoms with Gasteiger partial charge in [-0.3, -0.25) is 0 Å². The van der Waals surface area contributed by atoms with Crippen molar-refractivity contribution < 1.29 is 8.42 Å². The monoisotopic (exact) mass is 238 g/mol. The second kappa shape index (κ2) is 3.48. The van der Waals surface area contributed by atoms with E-state index in [1.54, 1.807) is 13.0 Å². The van der Waals surface area contributed by atoms with E-state index in [1.807, 2.05) is 0 Å². The summed E-state index contributed by atoms with van der Waals surface area (Å²) in [6.07, 6.45) is 1.12. The molecule has 0 saturated heterocycles. The van der Waals surface area contributed by atoms with Crippen molar-refractivity contribution in [3.8, 4) is 0 Å². The molecule has 13 heavy (non-hydrogen) atoms. The number of rotatable bonds is 1. The highest BCUT2D eigenvalue weighted by atomic mass is 35.5. The van der Waals surface area contributed by atoms with Gasteiger partial charge in [-0.25, -0.2) is 8.42 Å². The van der Waals surface area contributed by atoms with E-state index in [4.69, 9.17) is 23.2 Å². The number of hydrogen-bond donors (Lipinski definition) is 0. The summed E-state index contributed by atoms with van der Waals surface area (Å²) in [5.41, 5.74) is 0.569. The fourth-order valence-electron chi connectivity index (χ4n) is 1.16. The van der Waals surface area contributed by atoms with E-state index in [0.29, 0.717) is 10.6 Å². The normalized spacial score (nSPS) is 11.7. The van der Waals surface area contributed by atoms with Gasteiger partial charge in [-0.2, -0.15) is 0 Å². The van der Waals surface area contributed by atoms with Gasteiger partial charge in [0.1, 0.15) is 0 Å². The molecule has 0 spiro atoms. The number of hydrogen-bond acceptors (Lipinski definition) is 2. The molecule has 1 aromatic rings. The first-order valence-corrected chi connectivity index (χ1v) is 6.13. The van der Waals surface area contributed by atoms with Crippen LogP contribution >= 0.6 is 23.2 Å². The Hall–Kier alpha value is -0.250. The molecular formula is C8H8Cl2O2S. The predicted octanol–water partition coefficient (Wildman–Crippen LogP) is 2.71. The van der Waals surface area contributed by atoms with Gasteiger partial charge >= 0.3 is 0 Å². The smallest absolute Gasteiger partial charge is 0.177 e. The summed E-state index contributed by atoms with van der Waals surface area (Å²) in [6, 6.07) is 3.00. The Morgan fingerprint density at radius 3 is 2.15 bits per heavy atom. The molecule has 1 aromatic carbocycles. The minimum absolute atomic E-state index is 0.151. The maximum absolute atomic E-state index is 11.3. The third-order valence-corrected chi connectivity index (χ3v) is 3.48. The molecule has 2 nitrogen and oxygen atoms in total. The number of sulfone groups is 1. The second-order valence-electron chi connectivity index (χ2n) is 2.81. The maximum Gasteiger partial charge on any atom is 0.177 e. The summed E-state index contributed by atoms with van der Waals surface area (Å²) in [4.78, 5) is 0.151. The van der Waals surface area contributed by atoms with E-state index >= 15 is 0 Å². The van der Waals surface area contributed by atoms with Gasteiger partial charge in [0.15, 0.2) is 9.84 Å². The van der Waals surface area contributed by atoms with Gasteiger partial charge in [0, 0.05) is 11.3 Å². The van der Waals surface area contributed by atoms with Crippen molar-refractivity contribution in [1.29, 1.82) is 0 Å². The van der Waals surface area contributed by atoms with Crippen LogP contribution in [-0.2, 0) is 9.84 Å². The molecule has 72 valence electrons. The van der Waals surface area contributed by atoms with Crippen molar-refractivity contribution in [2.75, 3.05) is 6.26 Å². The Labute approximate surface area is 87.4 Å². The number of aryl methyl sites for hydroxylation is 1. The SMILES string of the molecule is Cc1cc(Cl)cc(Cl)c1S(C)(=O)=O. The van der Waals surface area contributed by atoms with Crippen LogP contribution in [0.4, 0.5) is 0 Å². The third kappa shape index (κ3) is 2.36. The quantitative estimate of drug-likeness (QED) is 0.755. The molecule has 0 fully saturated rings. The highest BCUT2D eigenvalue weighted by molar-refractivity contribution is 7.90. The zero-order valence-corrected chi connectivity index (χ0v) is 9.46. The van der Waals surface area contributed by atoms with Crippen LogP contribution < -0.4 is 0 Å². The van der Waals surface area contributed by atoms with E-state index in [-0.39, 0.29) is 9.92 Å². The molecule has 0 N–H and O–H groups in total. The van der Waals surface area contributed by atoms with E-state index in [1.165, 1.54) is 6.07 Å². The van der Waals surface area contributed by atoms with Crippen LogP contribution in [-0.4, -0.2) is 14.7 Å². The molecule has 0 radical (unpaired) electrons. The lowest BCUT2D eigenvalue weighted by atomic mass is 10.2. The summed E-state index contributed by atoms with van der Waals surface area (Å²) in [5, 5.41) is 0.613. The Bertz CT molecular complexity index is 414. The zero-order chi connectivity index (χ0) is 10.2. The van der Waals surface area contributed by atoms with E-state index in [0.717, 1.165) is 6.26 Å². The van der Waals surface area contributed by atoms with Crippen molar-refractivity contribution >= 4 is 33.0 Å². The molecule has 0 amide bonds. The van der Waals surface area contributed by atoms with Crippen LogP contribution in [0.25, 0.3) is 0 Å². The predicted molar refractivity (Wildman–Crippen MR) is 54.3 cm³/mol. The first kappa shape index (κ1) is 10.8. The Morgan fingerprint density at radius 2 is 1.77 bits per heavy atom. The summed E-state index contributed by atoms with van der Waals surface area (Å²) >= 11 is 11.4. The summed E-state index contributed by atoms with van der Waals surface area (Å²) < 4.78 is 22.5. The molecule has 0 bridgehead atoms. The lowest BCUT2D eigenvalue weighted by Crippen LogP contribution is -2.00. The Kier molecular flexibility index (Phi) is 2.90. The van der Waals surface area contributed by atoms with Crippen molar-refractivity contribution in [2.45, 2.75) is 11.8 Å². The van der Waals surface area contributed by atoms with Gasteiger partial charge in [0.25, 0.3) is 0 Å². The highest BCUT2D eigenvalue weighted by Gasteiger charge is 2.15. The van der Waals surface area contributed by atoms with Crippen molar-refractivity contribution in [3.63, 3.8) is 0 Å². The molecule has 0 heterocycles. The molecule has 0 saturated carbocycles. The van der Waals surface area contributed by atoms with Gasteiger partial charge < -0.3 is 0 Å². The second-order valence-corrected chi connectivity index (χ2v) is 5.60. The van der Waals surface area contributed by atoms with Gasteiger partial charge in [-0.05, 0) is 24.6 Å². The topological polar surface area (TPSA) is 34.1 Å². The van der Waals surface area contributed by atoms with Crippen LogP contribution in [0.3, 0.4) is 0 Å². The first-order valence-electron chi connectivity index (χ1n) is 3.48. The summed E-state index contributed by atoms with van der Waals surface area (Å²) in [5.74, 6) is 0. The average Bonchev–Trinajstić information content (AvgIpc) is 1.78. The van der Waals surface area contributed by atoms with E-state index in [9.17, 15) is 8.42 Å². The van der Waals surface area contributed by atoms with Crippen LogP contribution in [0, 0.1) is 6.92 Å². The lowest BCUT2D eigenvalue weighted by Gasteiger charge is -2.06. The molecule has 0 aliphatic rings. The molecule has 0 aliphatic heterocycles. The summed E-state index contributed by atoms with van der Waals surface area (Å²) in [7, 11) is -3.27. The molecule has 0 aromatic heterocycles. The summed E-state index contributed by atoms with van der Waals surface area (Å²) in [6.45, 7) is 1.66. The van der Waals surface area contributed by atoms with Gasteiger partial charge in [0.2, 0.25) is 0 Å². The fraction of sp³-hybridized carbons (Fsp3) is 0.250. The van der Waals surface area contributed by atoms with Gasteiger partial charge in [-0.15, -0.1) is 0 Å². The Morgan fingerprint density at radius 1 is 1.23 bits per heavy atom. The first-order chi connectivity index (χ1) is 5.82. The molecule has 0 unspecified atom stereocenters. The van der Waals surface area contributed by atoms with Crippen molar-refractivity contribution in [2.24, 2.45) is 0 Å². The van der Waals surface area contributed by atoms with Gasteiger partial charge in [0.05, 0.1) is 9.92 Å². The van der Waals surface area contributed by atoms with E-state index in [2.05, 4.69) is 0 Å². The number of benzene rings is 1. The fourth-order valence-corrected chi connectivity index (χ4v) is 3.23. The van der Waals surface area contributed by atoms with E-state index < -0.39 is 9.84 Å². The largest absolute Gasteiger partial charge is 0.224 e. The molecule has 0 atom stereocenters. The standard InChI is InChI=1S/C8H8Cl2O2S/c1-5-3-6(9)4-7(10)8(5)13(2,11)12/h3-4H,1-2H3. The molecule has 0 aliphatic carbocycles.